The van der Waals surface area contributed by atoms with E-state index in [1.54, 1.807) is 6.07 Å². The molecule has 108 valence electrons. The lowest BCUT2D eigenvalue weighted by Crippen LogP contribution is -2.36. The van der Waals surface area contributed by atoms with Crippen molar-refractivity contribution in [2.45, 2.75) is 25.7 Å². The second kappa shape index (κ2) is 6.88. The first-order valence-electron chi connectivity index (χ1n) is 6.88. The van der Waals surface area contributed by atoms with Crippen molar-refractivity contribution in [2.75, 3.05) is 25.0 Å². The van der Waals surface area contributed by atoms with Crippen LogP contribution in [0, 0.1) is 0 Å². The van der Waals surface area contributed by atoms with Gasteiger partial charge in [-0.3, -0.25) is 4.79 Å². The normalized spacial score (nSPS) is 14.9. The van der Waals surface area contributed by atoms with Gasteiger partial charge in [0.2, 0.25) is 5.91 Å². The number of carbonyl (C=O) groups excluding carboxylic acids is 1. The SMILES string of the molecule is O=C(O)c1cccnc1NCCC(=O)N1CCCCC1. The van der Waals surface area contributed by atoms with Gasteiger partial charge >= 0.3 is 5.97 Å². The Morgan fingerprint density at radius 3 is 2.75 bits per heavy atom. The minimum atomic E-state index is -1.03. The summed E-state index contributed by atoms with van der Waals surface area (Å²) in [5.74, 6) is -0.598. The third-order valence-corrected chi connectivity index (χ3v) is 3.38. The molecule has 1 aliphatic rings. The predicted octanol–water partition coefficient (Wildman–Crippen LogP) is 1.59. The van der Waals surface area contributed by atoms with E-state index in [9.17, 15) is 9.59 Å². The number of likely N-dealkylation sites (tertiary alicyclic amines) is 1. The zero-order valence-electron chi connectivity index (χ0n) is 11.3. The molecule has 20 heavy (non-hydrogen) atoms. The lowest BCUT2D eigenvalue weighted by molar-refractivity contribution is -0.131. The number of amides is 1. The van der Waals surface area contributed by atoms with E-state index in [0.29, 0.717) is 18.8 Å². The molecule has 2 N–H and O–H groups in total. The van der Waals surface area contributed by atoms with E-state index in [1.807, 2.05) is 4.90 Å². The summed E-state index contributed by atoms with van der Waals surface area (Å²) in [7, 11) is 0. The van der Waals surface area contributed by atoms with Gasteiger partial charge in [-0.15, -0.1) is 0 Å². The molecule has 1 fully saturated rings. The van der Waals surface area contributed by atoms with Crippen LogP contribution in [0.4, 0.5) is 5.82 Å². The van der Waals surface area contributed by atoms with Crippen molar-refractivity contribution in [3.63, 3.8) is 0 Å². The monoisotopic (exact) mass is 277 g/mol. The number of anilines is 1. The van der Waals surface area contributed by atoms with Gasteiger partial charge in [-0.05, 0) is 31.4 Å². The maximum Gasteiger partial charge on any atom is 0.339 e. The molecule has 6 nitrogen and oxygen atoms in total. The smallest absolute Gasteiger partial charge is 0.339 e. The number of aromatic nitrogens is 1. The number of rotatable bonds is 5. The van der Waals surface area contributed by atoms with Crippen LogP contribution in [0.5, 0.6) is 0 Å². The Morgan fingerprint density at radius 2 is 2.05 bits per heavy atom. The van der Waals surface area contributed by atoms with Crippen molar-refractivity contribution >= 4 is 17.7 Å². The summed E-state index contributed by atoms with van der Waals surface area (Å²) in [6.07, 6.45) is 5.22. The average Bonchev–Trinajstić information content (AvgIpc) is 2.48. The van der Waals surface area contributed by atoms with Gasteiger partial charge in [0.1, 0.15) is 11.4 Å². The van der Waals surface area contributed by atoms with Gasteiger partial charge in [0.05, 0.1) is 0 Å². The molecule has 1 amide bonds. The second-order valence-electron chi connectivity index (χ2n) is 4.82. The highest BCUT2D eigenvalue weighted by Gasteiger charge is 2.16. The summed E-state index contributed by atoms with van der Waals surface area (Å²) in [6.45, 7) is 2.07. The first-order valence-corrected chi connectivity index (χ1v) is 6.88. The van der Waals surface area contributed by atoms with Gasteiger partial charge in [-0.1, -0.05) is 0 Å². The predicted molar refractivity (Wildman–Crippen MR) is 74.7 cm³/mol. The van der Waals surface area contributed by atoms with E-state index in [2.05, 4.69) is 10.3 Å². The summed E-state index contributed by atoms with van der Waals surface area (Å²) in [5.41, 5.74) is 0.123. The van der Waals surface area contributed by atoms with E-state index < -0.39 is 5.97 Å². The average molecular weight is 277 g/mol. The molecule has 6 heteroatoms. The first-order chi connectivity index (χ1) is 9.68. The topological polar surface area (TPSA) is 82.5 Å². The molecular weight excluding hydrogens is 258 g/mol. The third-order valence-electron chi connectivity index (χ3n) is 3.38. The quantitative estimate of drug-likeness (QED) is 0.854. The zero-order chi connectivity index (χ0) is 14.4. The van der Waals surface area contributed by atoms with Gasteiger partial charge in [0.15, 0.2) is 0 Å². The van der Waals surface area contributed by atoms with Gasteiger partial charge < -0.3 is 15.3 Å². The minimum Gasteiger partial charge on any atom is -0.478 e. The highest BCUT2D eigenvalue weighted by molar-refractivity contribution is 5.93. The van der Waals surface area contributed by atoms with Crippen LogP contribution in [0.1, 0.15) is 36.0 Å². The van der Waals surface area contributed by atoms with E-state index in [4.69, 9.17) is 5.11 Å². The molecule has 0 saturated carbocycles. The molecule has 0 radical (unpaired) electrons. The molecule has 0 spiro atoms. The summed E-state index contributed by atoms with van der Waals surface area (Å²) < 4.78 is 0. The largest absolute Gasteiger partial charge is 0.478 e. The van der Waals surface area contributed by atoms with Crippen LogP contribution in [-0.4, -0.2) is 46.5 Å². The first kappa shape index (κ1) is 14.3. The van der Waals surface area contributed by atoms with Crippen molar-refractivity contribution in [1.82, 2.24) is 9.88 Å². The Labute approximate surface area is 117 Å². The van der Waals surface area contributed by atoms with Crippen molar-refractivity contribution < 1.29 is 14.7 Å². The molecule has 1 saturated heterocycles. The number of piperidine rings is 1. The van der Waals surface area contributed by atoms with Crippen LogP contribution in [0.2, 0.25) is 0 Å². The van der Waals surface area contributed by atoms with E-state index >= 15 is 0 Å². The van der Waals surface area contributed by atoms with Gasteiger partial charge in [0, 0.05) is 32.3 Å². The second-order valence-corrected chi connectivity index (χ2v) is 4.82. The van der Waals surface area contributed by atoms with Crippen LogP contribution in [0.25, 0.3) is 0 Å². The maximum atomic E-state index is 12.0. The highest BCUT2D eigenvalue weighted by Crippen LogP contribution is 2.12. The molecule has 0 bridgehead atoms. The summed E-state index contributed by atoms with van der Waals surface area (Å²) in [5, 5.41) is 11.9. The van der Waals surface area contributed by atoms with Gasteiger partial charge in [-0.2, -0.15) is 0 Å². The molecule has 0 atom stereocenters. The maximum absolute atomic E-state index is 12.0. The fourth-order valence-corrected chi connectivity index (χ4v) is 2.31. The Kier molecular flexibility index (Phi) is 4.92. The molecule has 2 rings (SSSR count). The number of pyridine rings is 1. The number of nitrogens with one attached hydrogen (secondary N) is 1. The molecule has 0 aliphatic carbocycles. The molecule has 0 aromatic carbocycles. The van der Waals surface area contributed by atoms with Crippen molar-refractivity contribution in [3.05, 3.63) is 23.9 Å². The number of carboxylic acid groups (broad SMARTS) is 1. The summed E-state index contributed by atoms with van der Waals surface area (Å²) in [4.78, 5) is 28.8. The Bertz CT molecular complexity index is 484. The molecule has 1 aromatic rings. The van der Waals surface area contributed by atoms with Crippen LogP contribution in [-0.2, 0) is 4.79 Å². The summed E-state index contributed by atoms with van der Waals surface area (Å²) in [6, 6.07) is 3.07. The van der Waals surface area contributed by atoms with Gasteiger partial charge in [0.25, 0.3) is 0 Å². The van der Waals surface area contributed by atoms with Crippen molar-refractivity contribution in [3.8, 4) is 0 Å². The standard InChI is InChI=1S/C14H19N3O3/c18-12(17-9-2-1-3-10-17)6-8-16-13-11(14(19)20)5-4-7-15-13/h4-5,7H,1-3,6,8-10H2,(H,15,16)(H,19,20). The zero-order valence-corrected chi connectivity index (χ0v) is 11.3. The molecule has 2 heterocycles. The fourth-order valence-electron chi connectivity index (χ4n) is 2.31. The molecule has 0 unspecified atom stereocenters. The number of nitrogens with zero attached hydrogens (tertiary/aromatic N) is 2. The Balaban J connectivity index is 1.83. The van der Waals surface area contributed by atoms with Gasteiger partial charge in [-0.25, -0.2) is 9.78 Å². The Morgan fingerprint density at radius 1 is 1.30 bits per heavy atom. The lowest BCUT2D eigenvalue weighted by Gasteiger charge is -2.26. The molecule has 1 aliphatic heterocycles. The molecule has 1 aromatic heterocycles. The number of carbonyl (C=O) groups is 2. The fraction of sp³-hybridized carbons (Fsp3) is 0.500. The minimum absolute atomic E-state index is 0.116. The lowest BCUT2D eigenvalue weighted by atomic mass is 10.1. The van der Waals surface area contributed by atoms with E-state index in [-0.39, 0.29) is 11.5 Å². The number of hydrogen-bond donors (Lipinski definition) is 2. The summed E-state index contributed by atoms with van der Waals surface area (Å²) >= 11 is 0. The van der Waals surface area contributed by atoms with Crippen LogP contribution in [0.15, 0.2) is 18.3 Å². The van der Waals surface area contributed by atoms with Crippen molar-refractivity contribution in [2.24, 2.45) is 0 Å². The third kappa shape index (κ3) is 3.69. The van der Waals surface area contributed by atoms with Crippen molar-refractivity contribution in [1.29, 1.82) is 0 Å². The van der Waals surface area contributed by atoms with Crippen LogP contribution >= 0.6 is 0 Å². The van der Waals surface area contributed by atoms with Crippen LogP contribution in [0.3, 0.4) is 0 Å². The molecular formula is C14H19N3O3. The number of hydrogen-bond acceptors (Lipinski definition) is 4. The van der Waals surface area contributed by atoms with Crippen LogP contribution < -0.4 is 5.32 Å². The number of carboxylic acids is 1. The number of aromatic carboxylic acids is 1. The van der Waals surface area contributed by atoms with E-state index in [0.717, 1.165) is 25.9 Å². The van der Waals surface area contributed by atoms with E-state index in [1.165, 1.54) is 18.7 Å². The Hall–Kier alpha value is -2.11. The highest BCUT2D eigenvalue weighted by atomic mass is 16.4.